The number of hydrogen-bond acceptors (Lipinski definition) is 6. The van der Waals surface area contributed by atoms with Gasteiger partial charge in [-0.25, -0.2) is 0 Å². The first-order chi connectivity index (χ1) is 19.6. The highest BCUT2D eigenvalue weighted by Gasteiger charge is 2.53. The highest BCUT2D eigenvalue weighted by molar-refractivity contribution is 5.96. The molecule has 3 fully saturated rings. The first-order valence-corrected chi connectivity index (χ1v) is 13.6. The topological polar surface area (TPSA) is 108 Å². The molecule has 222 valence electrons. The summed E-state index contributed by atoms with van der Waals surface area (Å²) in [5.74, 6) is -0.356. The fourth-order valence-electron chi connectivity index (χ4n) is 5.82. The van der Waals surface area contributed by atoms with E-state index >= 15 is 0 Å². The maximum absolute atomic E-state index is 13.2. The lowest BCUT2D eigenvalue weighted by Gasteiger charge is -2.51. The molecule has 1 saturated carbocycles. The summed E-state index contributed by atoms with van der Waals surface area (Å²) in [6.45, 7) is 3.98. The molecule has 0 bridgehead atoms. The molecule has 2 heterocycles. The summed E-state index contributed by atoms with van der Waals surface area (Å²) in [6, 6.07) is 13.3. The molecule has 2 saturated heterocycles. The van der Waals surface area contributed by atoms with Crippen molar-refractivity contribution in [2.75, 3.05) is 44.3 Å². The van der Waals surface area contributed by atoms with Crippen molar-refractivity contribution in [1.29, 1.82) is 0 Å². The van der Waals surface area contributed by atoms with Crippen LogP contribution in [0.1, 0.15) is 41.6 Å². The number of nitrogens with zero attached hydrogens (tertiary/aromatic N) is 2. The van der Waals surface area contributed by atoms with E-state index in [1.54, 1.807) is 0 Å². The molecule has 0 aromatic heterocycles. The Hall–Kier alpha value is -3.80. The Labute approximate surface area is 236 Å². The summed E-state index contributed by atoms with van der Waals surface area (Å²) in [5.41, 5.74) is 2.37. The molecule has 3 aliphatic rings. The van der Waals surface area contributed by atoms with E-state index in [-0.39, 0.29) is 41.9 Å². The van der Waals surface area contributed by atoms with Crippen LogP contribution in [-0.4, -0.2) is 80.1 Å². The lowest BCUT2D eigenvalue weighted by Crippen LogP contribution is -2.64. The second-order valence-corrected chi connectivity index (χ2v) is 10.5. The number of alkyl halides is 3. The smallest absolute Gasteiger partial charge is 0.483 e. The van der Waals surface area contributed by atoms with E-state index in [2.05, 4.69) is 15.0 Å². The minimum absolute atomic E-state index is 0.0145. The zero-order valence-electron chi connectivity index (χ0n) is 22.6. The van der Waals surface area contributed by atoms with Gasteiger partial charge in [0.2, 0.25) is 5.91 Å². The van der Waals surface area contributed by atoms with Crippen LogP contribution >= 0.6 is 0 Å². The Kier molecular flexibility index (Phi) is 9.74. The van der Waals surface area contributed by atoms with Crippen LogP contribution in [0.4, 0.5) is 18.9 Å². The summed E-state index contributed by atoms with van der Waals surface area (Å²) in [5, 5.41) is 10.1. The lowest BCUT2D eigenvalue weighted by atomic mass is 9.74. The molecular weight excluding hydrogens is 543 g/mol. The second-order valence-electron chi connectivity index (χ2n) is 10.5. The van der Waals surface area contributed by atoms with Crippen molar-refractivity contribution in [3.8, 4) is 5.75 Å². The zero-order chi connectivity index (χ0) is 29.5. The molecule has 1 aliphatic carbocycles. The summed E-state index contributed by atoms with van der Waals surface area (Å²) in [7, 11) is 0. The Morgan fingerprint density at radius 3 is 2.46 bits per heavy atom. The predicted molar refractivity (Wildman–Crippen MR) is 144 cm³/mol. The number of morpholine rings is 1. The number of likely N-dealkylation sites (tertiary alicyclic amines) is 1. The molecule has 1 unspecified atom stereocenters. The molecule has 2 aliphatic heterocycles. The molecular formula is C29H34F3N3O6. The number of carboxylic acid groups (broad SMARTS) is 1. The molecule has 2 amide bonds. The molecule has 12 heteroatoms. The van der Waals surface area contributed by atoms with Crippen molar-refractivity contribution in [3.05, 3.63) is 59.7 Å². The third-order valence-electron chi connectivity index (χ3n) is 7.81. The Morgan fingerprint density at radius 2 is 1.80 bits per heavy atom. The standard InChI is InChI=1S/C28H32F3N3O4.CH2O2/c29-28(30,31)38-23-9-6-20(7-10-23)8-11-25(35)32-24-5-2-12-27(24)18-34(19-27)26(36)21-3-1-4-22(17-21)33-13-15-37-16-14-33;2-1-3/h1,3-4,6-7,9-10,17,24H,2,5,8,11-16,18-19H2,(H,32,35);1H,(H,2,3). The number of nitrogens with one attached hydrogen (secondary N) is 1. The van der Waals surface area contributed by atoms with Crippen LogP contribution in [0.2, 0.25) is 0 Å². The Morgan fingerprint density at radius 1 is 1.12 bits per heavy atom. The van der Waals surface area contributed by atoms with Crippen LogP contribution in [0.15, 0.2) is 48.5 Å². The highest BCUT2D eigenvalue weighted by Crippen LogP contribution is 2.46. The van der Waals surface area contributed by atoms with Gasteiger partial charge in [0.25, 0.3) is 12.4 Å². The van der Waals surface area contributed by atoms with Gasteiger partial charge >= 0.3 is 6.36 Å². The number of ether oxygens (including phenoxy) is 2. The molecule has 9 nitrogen and oxygen atoms in total. The Bertz CT molecular complexity index is 1200. The van der Waals surface area contributed by atoms with E-state index in [0.29, 0.717) is 38.3 Å². The van der Waals surface area contributed by atoms with Crippen molar-refractivity contribution in [2.24, 2.45) is 5.41 Å². The minimum Gasteiger partial charge on any atom is -0.483 e. The minimum atomic E-state index is -4.73. The maximum Gasteiger partial charge on any atom is 0.573 e. The fraction of sp³-hybridized carbons (Fsp3) is 0.483. The van der Waals surface area contributed by atoms with E-state index in [1.807, 2.05) is 29.2 Å². The molecule has 1 atom stereocenters. The van der Waals surface area contributed by atoms with E-state index in [4.69, 9.17) is 14.6 Å². The van der Waals surface area contributed by atoms with Crippen molar-refractivity contribution >= 4 is 24.0 Å². The van der Waals surface area contributed by atoms with Gasteiger partial charge < -0.3 is 29.7 Å². The van der Waals surface area contributed by atoms with Gasteiger partial charge in [-0.05, 0) is 55.2 Å². The molecule has 2 N–H and O–H groups in total. The molecule has 1 spiro atoms. The molecule has 41 heavy (non-hydrogen) atoms. The average Bonchev–Trinajstić information content (AvgIpc) is 3.35. The highest BCUT2D eigenvalue weighted by atomic mass is 19.4. The number of aryl methyl sites for hydroxylation is 1. The van der Waals surface area contributed by atoms with Crippen LogP contribution in [0.3, 0.4) is 0 Å². The van der Waals surface area contributed by atoms with E-state index in [0.717, 1.165) is 43.6 Å². The lowest BCUT2D eigenvalue weighted by molar-refractivity contribution is -0.274. The summed E-state index contributed by atoms with van der Waals surface area (Å²) in [6.07, 6.45) is -1.22. The predicted octanol–water partition coefficient (Wildman–Crippen LogP) is 3.87. The van der Waals surface area contributed by atoms with Gasteiger partial charge in [0, 0.05) is 55.3 Å². The number of benzene rings is 2. The number of halogens is 3. The number of carbonyl (C=O) groups is 3. The van der Waals surface area contributed by atoms with E-state index in [1.165, 1.54) is 24.3 Å². The van der Waals surface area contributed by atoms with Crippen LogP contribution < -0.4 is 15.0 Å². The van der Waals surface area contributed by atoms with Crippen LogP contribution in [0.25, 0.3) is 0 Å². The number of carbonyl (C=O) groups excluding carboxylic acids is 2. The largest absolute Gasteiger partial charge is 0.573 e. The first-order valence-electron chi connectivity index (χ1n) is 13.6. The number of hydrogen-bond donors (Lipinski definition) is 2. The van der Waals surface area contributed by atoms with E-state index in [9.17, 15) is 22.8 Å². The van der Waals surface area contributed by atoms with Crippen LogP contribution in [-0.2, 0) is 20.7 Å². The molecule has 2 aromatic rings. The third kappa shape index (κ3) is 7.90. The molecule has 2 aromatic carbocycles. The monoisotopic (exact) mass is 577 g/mol. The normalized spacial score (nSPS) is 19.5. The summed E-state index contributed by atoms with van der Waals surface area (Å²) < 4.78 is 46.3. The van der Waals surface area contributed by atoms with Gasteiger partial charge in [0.15, 0.2) is 0 Å². The van der Waals surface area contributed by atoms with Gasteiger partial charge in [-0.15, -0.1) is 13.2 Å². The number of amides is 2. The van der Waals surface area contributed by atoms with Crippen molar-refractivity contribution in [3.63, 3.8) is 0 Å². The van der Waals surface area contributed by atoms with Crippen LogP contribution in [0, 0.1) is 5.41 Å². The Balaban J connectivity index is 0.00000124. The molecule has 0 radical (unpaired) electrons. The number of rotatable bonds is 7. The van der Waals surface area contributed by atoms with Gasteiger partial charge in [-0.1, -0.05) is 24.6 Å². The number of anilines is 1. The molecule has 5 rings (SSSR count). The average molecular weight is 578 g/mol. The summed E-state index contributed by atoms with van der Waals surface area (Å²) in [4.78, 5) is 38.4. The van der Waals surface area contributed by atoms with Gasteiger partial charge in [-0.2, -0.15) is 0 Å². The van der Waals surface area contributed by atoms with Crippen LogP contribution in [0.5, 0.6) is 5.75 Å². The van der Waals surface area contributed by atoms with Gasteiger partial charge in [0.05, 0.1) is 13.2 Å². The van der Waals surface area contributed by atoms with Crippen molar-refractivity contribution < 1.29 is 42.1 Å². The van der Waals surface area contributed by atoms with Gasteiger partial charge in [-0.3, -0.25) is 14.4 Å². The third-order valence-corrected chi connectivity index (χ3v) is 7.81. The quantitative estimate of drug-likeness (QED) is 0.481. The summed E-state index contributed by atoms with van der Waals surface area (Å²) >= 11 is 0. The van der Waals surface area contributed by atoms with Crippen molar-refractivity contribution in [1.82, 2.24) is 10.2 Å². The zero-order valence-corrected chi connectivity index (χ0v) is 22.6. The first kappa shape index (κ1) is 30.2. The van der Waals surface area contributed by atoms with Gasteiger partial charge in [0.1, 0.15) is 5.75 Å². The second kappa shape index (κ2) is 13.2. The van der Waals surface area contributed by atoms with E-state index < -0.39 is 6.36 Å². The fourth-order valence-corrected chi connectivity index (χ4v) is 5.82. The SMILES string of the molecule is O=C(CCc1ccc(OC(F)(F)F)cc1)NC1CCCC12CN(C(=O)c1cccc(N3CCOCC3)c1)C2.O=CO. The van der Waals surface area contributed by atoms with Crippen molar-refractivity contribution in [2.45, 2.75) is 44.5 Å². The maximum atomic E-state index is 13.2.